The van der Waals surface area contributed by atoms with Crippen LogP contribution in [-0.2, 0) is 34.0 Å². The Morgan fingerprint density at radius 2 is 1.86 bits per heavy atom. The first-order chi connectivity index (χ1) is 13.7. The molecule has 8 heteroatoms. The van der Waals surface area contributed by atoms with E-state index in [1.165, 1.54) is 11.8 Å². The number of ether oxygens (including phenoxy) is 3. The third-order valence-electron chi connectivity index (χ3n) is 4.93. The van der Waals surface area contributed by atoms with Crippen molar-refractivity contribution in [3.63, 3.8) is 0 Å². The van der Waals surface area contributed by atoms with Crippen molar-refractivity contribution in [1.29, 1.82) is 0 Å². The van der Waals surface area contributed by atoms with Crippen molar-refractivity contribution >= 4 is 23.5 Å². The number of carbonyl (C=O) groups is 3. The number of fused-ring (bicyclic) bond motifs is 2. The molecule has 0 saturated heterocycles. The molecule has 0 bridgehead atoms. The van der Waals surface area contributed by atoms with Crippen LogP contribution in [0.3, 0.4) is 0 Å². The number of amides is 1. The van der Waals surface area contributed by atoms with Crippen LogP contribution in [0.4, 0.5) is 5.69 Å². The minimum Gasteiger partial charge on any atom is -0.462 e. The van der Waals surface area contributed by atoms with Gasteiger partial charge in [0.15, 0.2) is 0 Å². The summed E-state index contributed by atoms with van der Waals surface area (Å²) in [4.78, 5) is 41.1. The lowest BCUT2D eigenvalue weighted by Crippen LogP contribution is -2.50. The summed E-state index contributed by atoms with van der Waals surface area (Å²) in [5.41, 5.74) is 4.97. The van der Waals surface area contributed by atoms with Crippen molar-refractivity contribution < 1.29 is 28.6 Å². The summed E-state index contributed by atoms with van der Waals surface area (Å²) in [5, 5.41) is 0. The Bertz CT molecular complexity index is 962. The lowest BCUT2D eigenvalue weighted by Gasteiger charge is -2.36. The molecule has 2 aliphatic heterocycles. The van der Waals surface area contributed by atoms with Crippen LogP contribution in [0.1, 0.15) is 33.3 Å². The van der Waals surface area contributed by atoms with Crippen molar-refractivity contribution in [3.05, 3.63) is 52.6 Å². The van der Waals surface area contributed by atoms with Crippen LogP contribution >= 0.6 is 0 Å². The van der Waals surface area contributed by atoms with Gasteiger partial charge in [0.25, 0.3) is 0 Å². The Morgan fingerprint density at radius 1 is 1.21 bits per heavy atom. The van der Waals surface area contributed by atoms with Gasteiger partial charge >= 0.3 is 11.9 Å². The van der Waals surface area contributed by atoms with Gasteiger partial charge in [-0.1, -0.05) is 18.2 Å². The van der Waals surface area contributed by atoms with Gasteiger partial charge in [-0.05, 0) is 33.8 Å². The Morgan fingerprint density at radius 3 is 2.48 bits per heavy atom. The van der Waals surface area contributed by atoms with E-state index >= 15 is 0 Å². The van der Waals surface area contributed by atoms with Crippen LogP contribution in [0, 0.1) is 0 Å². The van der Waals surface area contributed by atoms with Gasteiger partial charge in [-0.15, -0.1) is 0 Å². The minimum absolute atomic E-state index is 0.0613. The fourth-order valence-electron chi connectivity index (χ4n) is 3.91. The highest BCUT2D eigenvalue weighted by atomic mass is 16.6. The molecule has 1 atom stereocenters. The molecule has 2 N–H and O–H groups in total. The molecule has 2 aliphatic rings. The normalized spacial score (nSPS) is 20.9. The van der Waals surface area contributed by atoms with Gasteiger partial charge in [-0.3, -0.25) is 4.79 Å². The Balaban J connectivity index is 2.39. The second kappa shape index (κ2) is 7.27. The molecule has 1 spiro atoms. The summed E-state index contributed by atoms with van der Waals surface area (Å²) in [7, 11) is 1.57. The Hall–Kier alpha value is -3.29. The van der Waals surface area contributed by atoms with Crippen molar-refractivity contribution in [3.8, 4) is 0 Å². The lowest BCUT2D eigenvalue weighted by molar-refractivity contribution is -0.146. The van der Waals surface area contributed by atoms with E-state index in [4.69, 9.17) is 19.9 Å². The number of rotatable bonds is 4. The van der Waals surface area contributed by atoms with Gasteiger partial charge in [0.2, 0.25) is 11.8 Å². The fourth-order valence-corrected chi connectivity index (χ4v) is 3.91. The fraction of sp³-hybridized carbons (Fsp3) is 0.381. The molecule has 8 nitrogen and oxygen atoms in total. The van der Waals surface area contributed by atoms with E-state index in [-0.39, 0.29) is 29.4 Å². The van der Waals surface area contributed by atoms with Crippen LogP contribution < -0.4 is 10.6 Å². The molecular weight excluding hydrogens is 376 g/mol. The van der Waals surface area contributed by atoms with Crippen molar-refractivity contribution in [2.75, 3.05) is 18.6 Å². The van der Waals surface area contributed by atoms with E-state index in [1.807, 2.05) is 0 Å². The average molecular weight is 400 g/mol. The van der Waals surface area contributed by atoms with E-state index in [9.17, 15) is 14.4 Å². The third-order valence-corrected chi connectivity index (χ3v) is 4.93. The predicted octanol–water partition coefficient (Wildman–Crippen LogP) is 1.89. The SMILES string of the molecule is CCOC(=O)C1=C(N)OC(C)=C(C(=O)OC(C)C)[C@@]12C(=O)N(C)c1ccccc12. The van der Waals surface area contributed by atoms with Gasteiger partial charge in [0.05, 0.1) is 12.7 Å². The van der Waals surface area contributed by atoms with E-state index in [0.717, 1.165) is 0 Å². The number of nitrogens with zero attached hydrogens (tertiary/aromatic N) is 1. The monoisotopic (exact) mass is 400 g/mol. The van der Waals surface area contributed by atoms with Crippen molar-refractivity contribution in [2.45, 2.75) is 39.2 Å². The smallest absolute Gasteiger partial charge is 0.341 e. The van der Waals surface area contributed by atoms with Gasteiger partial charge < -0.3 is 24.8 Å². The van der Waals surface area contributed by atoms with Crippen molar-refractivity contribution in [1.82, 2.24) is 0 Å². The molecule has 0 fully saturated rings. The summed E-state index contributed by atoms with van der Waals surface area (Å²) in [5.74, 6) is -2.28. The zero-order valence-electron chi connectivity index (χ0n) is 17.1. The van der Waals surface area contributed by atoms with E-state index in [1.54, 1.807) is 52.1 Å². The molecule has 1 aromatic carbocycles. The highest BCUT2D eigenvalue weighted by molar-refractivity contribution is 6.22. The van der Waals surface area contributed by atoms with E-state index in [0.29, 0.717) is 11.3 Å². The van der Waals surface area contributed by atoms with Gasteiger partial charge in [-0.25, -0.2) is 9.59 Å². The van der Waals surface area contributed by atoms with E-state index in [2.05, 4.69) is 0 Å². The molecular formula is C21H24N2O6. The van der Waals surface area contributed by atoms with Crippen LogP contribution in [0.25, 0.3) is 0 Å². The standard InChI is InChI=1S/C21H24N2O6/c1-6-27-18(24)16-17(22)29-12(4)15(19(25)28-11(2)3)21(16)13-9-7-8-10-14(13)23(5)20(21)26/h7-11H,6,22H2,1-5H3/t21-/m1/s1. The number of anilines is 1. The van der Waals surface area contributed by atoms with E-state index < -0.39 is 29.4 Å². The molecule has 1 amide bonds. The summed E-state index contributed by atoms with van der Waals surface area (Å²) in [6, 6.07) is 6.91. The summed E-state index contributed by atoms with van der Waals surface area (Å²) in [6.07, 6.45) is -0.446. The number of para-hydroxylation sites is 1. The van der Waals surface area contributed by atoms with Crippen LogP contribution in [0.15, 0.2) is 47.1 Å². The van der Waals surface area contributed by atoms with Crippen LogP contribution in [-0.4, -0.2) is 37.6 Å². The number of nitrogens with two attached hydrogens (primary N) is 1. The van der Waals surface area contributed by atoms with Gasteiger partial charge in [-0.2, -0.15) is 0 Å². The zero-order chi connectivity index (χ0) is 21.5. The highest BCUT2D eigenvalue weighted by Gasteiger charge is 2.63. The molecule has 0 aromatic heterocycles. The number of likely N-dealkylation sites (N-methyl/N-ethyl adjacent to an activating group) is 1. The molecule has 0 radical (unpaired) electrons. The maximum Gasteiger partial charge on any atom is 0.341 e. The first kappa shape index (κ1) is 20.4. The largest absolute Gasteiger partial charge is 0.462 e. The molecule has 2 heterocycles. The van der Waals surface area contributed by atoms with Gasteiger partial charge in [0.1, 0.15) is 22.3 Å². The highest BCUT2D eigenvalue weighted by Crippen LogP contribution is 2.54. The molecule has 0 aliphatic carbocycles. The summed E-state index contributed by atoms with van der Waals surface area (Å²) in [6.45, 7) is 6.60. The molecule has 1 aromatic rings. The number of carbonyl (C=O) groups excluding carboxylic acids is 3. The second-order valence-electron chi connectivity index (χ2n) is 7.08. The summed E-state index contributed by atoms with van der Waals surface area (Å²) >= 11 is 0. The first-order valence-corrected chi connectivity index (χ1v) is 9.33. The molecule has 29 heavy (non-hydrogen) atoms. The average Bonchev–Trinajstić information content (AvgIpc) is 2.84. The Kier molecular flexibility index (Phi) is 5.13. The van der Waals surface area contributed by atoms with Crippen molar-refractivity contribution in [2.24, 2.45) is 5.73 Å². The van der Waals surface area contributed by atoms with Crippen LogP contribution in [0.5, 0.6) is 0 Å². The van der Waals surface area contributed by atoms with Crippen LogP contribution in [0.2, 0.25) is 0 Å². The topological polar surface area (TPSA) is 108 Å². The molecule has 154 valence electrons. The molecule has 0 unspecified atom stereocenters. The molecule has 0 saturated carbocycles. The zero-order valence-corrected chi connectivity index (χ0v) is 17.1. The number of hydrogen-bond donors (Lipinski definition) is 1. The molecule has 3 rings (SSSR count). The van der Waals surface area contributed by atoms with Gasteiger partial charge in [0, 0.05) is 18.3 Å². The number of allylic oxidation sites excluding steroid dienone is 1. The first-order valence-electron chi connectivity index (χ1n) is 9.33. The quantitative estimate of drug-likeness (QED) is 0.769. The maximum absolute atomic E-state index is 13.7. The lowest BCUT2D eigenvalue weighted by atomic mass is 9.67. The predicted molar refractivity (Wildman–Crippen MR) is 104 cm³/mol. The number of benzene rings is 1. The minimum atomic E-state index is -1.81. The second-order valence-corrected chi connectivity index (χ2v) is 7.08. The summed E-state index contributed by atoms with van der Waals surface area (Å²) < 4.78 is 16.1. The number of esters is 2. The Labute approximate surface area is 168 Å². The third kappa shape index (κ3) is 2.86. The number of hydrogen-bond acceptors (Lipinski definition) is 7. The maximum atomic E-state index is 13.7.